The summed E-state index contributed by atoms with van der Waals surface area (Å²) >= 11 is 0. The maximum absolute atomic E-state index is 11.1. The number of phenolic OH excluding ortho intramolecular Hbond substituents is 2. The van der Waals surface area contributed by atoms with Crippen molar-refractivity contribution < 1.29 is 15.1 Å². The predicted octanol–water partition coefficient (Wildman–Crippen LogP) is 2.92. The number of nitro groups is 1. The molecule has 0 aliphatic carbocycles. The lowest BCUT2D eigenvalue weighted by Crippen LogP contribution is -2.18. The molecule has 2 aromatic rings. The molecule has 2 aromatic carbocycles. The Morgan fingerprint density at radius 3 is 2.61 bits per heavy atom. The highest BCUT2D eigenvalue weighted by Gasteiger charge is 2.16. The molecule has 118 valence electrons. The number of benzene rings is 2. The average Bonchev–Trinajstić information content (AvgIpc) is 2.51. The third kappa shape index (κ3) is 3.89. The van der Waals surface area contributed by atoms with Gasteiger partial charge in [0.05, 0.1) is 16.6 Å². The van der Waals surface area contributed by atoms with E-state index in [9.17, 15) is 20.3 Å². The van der Waals surface area contributed by atoms with E-state index in [1.54, 1.807) is 6.07 Å². The van der Waals surface area contributed by atoms with Crippen LogP contribution in [0.3, 0.4) is 0 Å². The topological polar surface area (TPSA) is 119 Å². The molecule has 0 saturated heterocycles. The molecule has 2 rings (SSSR count). The van der Waals surface area contributed by atoms with Crippen molar-refractivity contribution in [2.24, 2.45) is 0 Å². The average molecular weight is 313 g/mol. The second kappa shape index (κ2) is 6.66. The minimum Gasteiger partial charge on any atom is -0.504 e. The van der Waals surface area contributed by atoms with Crippen LogP contribution in [-0.4, -0.2) is 21.2 Å². The van der Waals surface area contributed by atoms with E-state index in [2.05, 4.69) is 5.32 Å². The first-order valence-electron chi connectivity index (χ1n) is 6.86. The predicted molar refractivity (Wildman–Crippen MR) is 84.4 cm³/mol. The molecular formula is C16H15N3O4. The van der Waals surface area contributed by atoms with Gasteiger partial charge in [-0.05, 0) is 43.2 Å². The Bertz CT molecular complexity index is 783. The van der Waals surface area contributed by atoms with Crippen molar-refractivity contribution in [2.75, 3.05) is 5.32 Å². The first kappa shape index (κ1) is 16.1. The minimum atomic E-state index is -0.539. The fraction of sp³-hybridized carbons (Fsp3) is 0.188. The van der Waals surface area contributed by atoms with Gasteiger partial charge < -0.3 is 15.5 Å². The van der Waals surface area contributed by atoms with Gasteiger partial charge >= 0.3 is 0 Å². The van der Waals surface area contributed by atoms with E-state index in [4.69, 9.17) is 5.26 Å². The molecule has 0 amide bonds. The van der Waals surface area contributed by atoms with Crippen molar-refractivity contribution in [1.29, 1.82) is 5.26 Å². The van der Waals surface area contributed by atoms with Crippen LogP contribution in [0.1, 0.15) is 18.1 Å². The van der Waals surface area contributed by atoms with Crippen molar-refractivity contribution >= 4 is 11.4 Å². The Morgan fingerprint density at radius 2 is 2.00 bits per heavy atom. The smallest absolute Gasteiger partial charge is 0.293 e. The highest BCUT2D eigenvalue weighted by Crippen LogP contribution is 2.28. The Hall–Kier alpha value is -3.27. The summed E-state index contributed by atoms with van der Waals surface area (Å²) < 4.78 is 0. The van der Waals surface area contributed by atoms with Crippen molar-refractivity contribution in [3.8, 4) is 17.6 Å². The maximum Gasteiger partial charge on any atom is 0.293 e. The van der Waals surface area contributed by atoms with Crippen molar-refractivity contribution in [2.45, 2.75) is 19.4 Å². The van der Waals surface area contributed by atoms with Gasteiger partial charge in [0.1, 0.15) is 5.69 Å². The number of nitro benzene ring substituents is 1. The lowest BCUT2D eigenvalue weighted by molar-refractivity contribution is -0.384. The fourth-order valence-corrected chi connectivity index (χ4v) is 2.24. The third-order valence-electron chi connectivity index (χ3n) is 3.31. The summed E-state index contributed by atoms with van der Waals surface area (Å²) in [7, 11) is 0. The van der Waals surface area contributed by atoms with Crippen molar-refractivity contribution in [3.05, 3.63) is 57.6 Å². The maximum atomic E-state index is 11.1. The van der Waals surface area contributed by atoms with Crippen LogP contribution in [-0.2, 0) is 6.42 Å². The monoisotopic (exact) mass is 313 g/mol. The van der Waals surface area contributed by atoms with Crippen LogP contribution in [0.15, 0.2) is 36.4 Å². The van der Waals surface area contributed by atoms with Gasteiger partial charge in [0.25, 0.3) is 5.69 Å². The van der Waals surface area contributed by atoms with Crippen LogP contribution in [0.4, 0.5) is 11.4 Å². The normalized spacial score (nSPS) is 11.5. The molecule has 1 unspecified atom stereocenters. The second-order valence-electron chi connectivity index (χ2n) is 5.17. The van der Waals surface area contributed by atoms with Crippen molar-refractivity contribution in [3.63, 3.8) is 0 Å². The first-order valence-corrected chi connectivity index (χ1v) is 6.86. The molecule has 3 N–H and O–H groups in total. The molecule has 23 heavy (non-hydrogen) atoms. The molecule has 0 heterocycles. The van der Waals surface area contributed by atoms with Crippen LogP contribution in [0.5, 0.6) is 11.5 Å². The number of aromatic hydroxyl groups is 2. The molecule has 7 heteroatoms. The fourth-order valence-electron chi connectivity index (χ4n) is 2.24. The van der Waals surface area contributed by atoms with E-state index in [1.165, 1.54) is 30.3 Å². The molecule has 0 aromatic heterocycles. The second-order valence-corrected chi connectivity index (χ2v) is 5.17. The minimum absolute atomic E-state index is 0.162. The molecule has 0 saturated carbocycles. The van der Waals surface area contributed by atoms with Gasteiger partial charge in [-0.2, -0.15) is 5.26 Å². The summed E-state index contributed by atoms with van der Waals surface area (Å²) in [5.74, 6) is -0.406. The standard InChI is InChI=1S/C16H15N3O4/c1-10(6-11-3-5-15(20)16(21)8-11)18-13-4-2-12(9-17)7-14(13)19(22)23/h2-5,7-8,10,18,20-21H,6H2,1H3. The van der Waals surface area contributed by atoms with Crippen LogP contribution < -0.4 is 5.32 Å². The highest BCUT2D eigenvalue weighted by molar-refractivity contribution is 5.64. The Labute approximate surface area is 132 Å². The van der Waals surface area contributed by atoms with Gasteiger partial charge in [-0.15, -0.1) is 0 Å². The number of nitrogens with one attached hydrogen (secondary N) is 1. The number of phenols is 2. The first-order chi connectivity index (χ1) is 10.9. The van der Waals surface area contributed by atoms with Gasteiger partial charge in [-0.1, -0.05) is 6.07 Å². The van der Waals surface area contributed by atoms with E-state index < -0.39 is 4.92 Å². The van der Waals surface area contributed by atoms with Gasteiger partial charge in [0.15, 0.2) is 11.5 Å². The number of nitriles is 1. The van der Waals surface area contributed by atoms with E-state index in [1.807, 2.05) is 13.0 Å². The van der Waals surface area contributed by atoms with Crippen LogP contribution in [0.25, 0.3) is 0 Å². The third-order valence-corrected chi connectivity index (χ3v) is 3.31. The summed E-state index contributed by atoms with van der Waals surface area (Å²) in [5, 5.41) is 41.7. The van der Waals surface area contributed by atoms with E-state index in [0.29, 0.717) is 12.1 Å². The van der Waals surface area contributed by atoms with Crippen molar-refractivity contribution in [1.82, 2.24) is 0 Å². The van der Waals surface area contributed by atoms with Crippen LogP contribution in [0, 0.1) is 21.4 Å². The molecule has 0 aliphatic rings. The highest BCUT2D eigenvalue weighted by atomic mass is 16.6. The molecule has 7 nitrogen and oxygen atoms in total. The summed E-state index contributed by atoms with van der Waals surface area (Å²) in [6, 6.07) is 10.4. The molecule has 0 aliphatic heterocycles. The molecule has 0 fully saturated rings. The summed E-state index contributed by atoms with van der Waals surface area (Å²) in [6.07, 6.45) is 0.491. The van der Waals surface area contributed by atoms with E-state index in [-0.39, 0.29) is 28.8 Å². The molecular weight excluding hydrogens is 298 g/mol. The number of rotatable bonds is 5. The zero-order valence-corrected chi connectivity index (χ0v) is 12.4. The SMILES string of the molecule is CC(Cc1ccc(O)c(O)c1)Nc1ccc(C#N)cc1[N+](=O)[O-]. The van der Waals surface area contributed by atoms with Gasteiger partial charge in [-0.25, -0.2) is 0 Å². The summed E-state index contributed by atoms with van der Waals surface area (Å²) in [5.41, 5.74) is 1.16. The lowest BCUT2D eigenvalue weighted by atomic mass is 10.1. The number of nitrogens with zero attached hydrogens (tertiary/aromatic N) is 2. The summed E-state index contributed by atoms with van der Waals surface area (Å²) in [6.45, 7) is 1.84. The van der Waals surface area contributed by atoms with Gasteiger partial charge in [0, 0.05) is 12.1 Å². The largest absolute Gasteiger partial charge is 0.504 e. The van der Waals surface area contributed by atoms with E-state index in [0.717, 1.165) is 5.56 Å². The zero-order valence-electron chi connectivity index (χ0n) is 12.4. The lowest BCUT2D eigenvalue weighted by Gasteiger charge is -2.16. The van der Waals surface area contributed by atoms with Crippen LogP contribution in [0.2, 0.25) is 0 Å². The number of anilines is 1. The molecule has 0 spiro atoms. The van der Waals surface area contributed by atoms with E-state index >= 15 is 0 Å². The Kier molecular flexibility index (Phi) is 4.66. The van der Waals surface area contributed by atoms with Gasteiger partial charge in [0.2, 0.25) is 0 Å². The molecule has 0 radical (unpaired) electrons. The molecule has 1 atom stereocenters. The number of hydrogen-bond acceptors (Lipinski definition) is 6. The Morgan fingerprint density at radius 1 is 1.26 bits per heavy atom. The molecule has 0 bridgehead atoms. The number of hydrogen-bond donors (Lipinski definition) is 3. The summed E-state index contributed by atoms with van der Waals surface area (Å²) in [4.78, 5) is 10.6. The van der Waals surface area contributed by atoms with Gasteiger partial charge in [-0.3, -0.25) is 10.1 Å². The Balaban J connectivity index is 2.16. The zero-order chi connectivity index (χ0) is 17.0. The quantitative estimate of drug-likeness (QED) is 0.443. The van der Waals surface area contributed by atoms with Crippen LogP contribution >= 0.6 is 0 Å².